The van der Waals surface area contributed by atoms with Gasteiger partial charge in [0.15, 0.2) is 11.6 Å². The highest BCUT2D eigenvalue weighted by atomic mass is 19.3. The zero-order valence-corrected chi connectivity index (χ0v) is 18.9. The van der Waals surface area contributed by atoms with E-state index in [1.54, 1.807) is 12.1 Å². The lowest BCUT2D eigenvalue weighted by atomic mass is 9.78. The van der Waals surface area contributed by atoms with E-state index in [0.717, 1.165) is 42.2 Å². The van der Waals surface area contributed by atoms with Crippen LogP contribution < -0.4 is 4.74 Å². The average Bonchev–Trinajstić information content (AvgIpc) is 2.80. The first-order valence-corrected chi connectivity index (χ1v) is 11.9. The molecule has 0 saturated heterocycles. The van der Waals surface area contributed by atoms with Gasteiger partial charge in [-0.3, -0.25) is 0 Å². The minimum Gasteiger partial charge on any atom is -0.432 e. The Morgan fingerprint density at radius 1 is 0.879 bits per heavy atom. The lowest BCUT2D eigenvalue weighted by Crippen LogP contribution is -2.15. The molecule has 1 aliphatic rings. The maximum atomic E-state index is 15.2. The summed E-state index contributed by atoms with van der Waals surface area (Å²) in [5.74, 6) is -0.273. The van der Waals surface area contributed by atoms with E-state index in [1.807, 2.05) is 18.2 Å². The van der Waals surface area contributed by atoms with Crippen molar-refractivity contribution in [2.45, 2.75) is 64.9 Å². The number of rotatable bonds is 8. The first-order chi connectivity index (χ1) is 15.9. The largest absolute Gasteiger partial charge is 0.432 e. The quantitative estimate of drug-likeness (QED) is 0.306. The lowest BCUT2D eigenvalue weighted by Gasteiger charge is -2.28. The molecule has 1 aliphatic carbocycles. The van der Waals surface area contributed by atoms with Gasteiger partial charge in [-0.25, -0.2) is 8.78 Å². The zero-order chi connectivity index (χ0) is 23.4. The molecule has 0 unspecified atom stereocenters. The zero-order valence-electron chi connectivity index (χ0n) is 18.9. The highest BCUT2D eigenvalue weighted by Gasteiger charge is 2.20. The second kappa shape index (κ2) is 10.6. The molecule has 0 atom stereocenters. The Kier molecular flexibility index (Phi) is 7.56. The molecule has 0 spiro atoms. The van der Waals surface area contributed by atoms with Crippen molar-refractivity contribution in [1.29, 1.82) is 0 Å². The molecule has 0 bridgehead atoms. The number of alkyl halides is 2. The smallest absolute Gasteiger partial charge is 0.387 e. The molecule has 176 valence electrons. The summed E-state index contributed by atoms with van der Waals surface area (Å²) in [5, 5.41) is 1.27. The van der Waals surface area contributed by atoms with Crippen LogP contribution in [0.5, 0.6) is 5.75 Å². The lowest BCUT2D eigenvalue weighted by molar-refractivity contribution is -0.0521. The third-order valence-corrected chi connectivity index (χ3v) is 6.98. The molecule has 3 aromatic carbocycles. The number of fused-ring (bicyclic) bond motifs is 1. The van der Waals surface area contributed by atoms with E-state index in [-0.39, 0.29) is 11.1 Å². The van der Waals surface area contributed by atoms with Crippen LogP contribution in [0, 0.1) is 23.5 Å². The Labute approximate surface area is 192 Å². The van der Waals surface area contributed by atoms with Crippen LogP contribution in [0.1, 0.15) is 57.4 Å². The molecule has 0 radical (unpaired) electrons. The second-order valence-electron chi connectivity index (χ2n) is 9.22. The topological polar surface area (TPSA) is 9.23 Å². The molecule has 0 N–H and O–H groups in total. The maximum Gasteiger partial charge on any atom is 0.387 e. The number of hydrogen-bond acceptors (Lipinski definition) is 1. The predicted octanol–water partition coefficient (Wildman–Crippen LogP) is 8.93. The fraction of sp³-hybridized carbons (Fsp3) is 0.429. The molecular weight excluding hydrogens is 428 g/mol. The summed E-state index contributed by atoms with van der Waals surface area (Å²) < 4.78 is 58.2. The van der Waals surface area contributed by atoms with E-state index in [9.17, 15) is 13.2 Å². The standard InChI is InChI=1S/C28H30F4O/c1-2-3-18-4-6-19(7-5-18)8-9-20-10-13-23-21(16-20)11-14-24(27(23)30)22-12-15-26(25(29)17-22)33-28(31)32/h10-19,28H,2-9H2,1H3. The maximum absolute atomic E-state index is 15.2. The first kappa shape index (κ1) is 23.6. The van der Waals surface area contributed by atoms with Crippen molar-refractivity contribution in [3.63, 3.8) is 0 Å². The van der Waals surface area contributed by atoms with Crippen molar-refractivity contribution >= 4 is 10.8 Å². The van der Waals surface area contributed by atoms with Crippen LogP contribution in [0.15, 0.2) is 48.5 Å². The predicted molar refractivity (Wildman–Crippen MR) is 125 cm³/mol. The number of halogens is 4. The van der Waals surface area contributed by atoms with Gasteiger partial charge in [0.05, 0.1) is 0 Å². The van der Waals surface area contributed by atoms with Crippen LogP contribution in [-0.4, -0.2) is 6.61 Å². The molecular formula is C28H30F4O. The molecule has 1 fully saturated rings. The molecule has 33 heavy (non-hydrogen) atoms. The van der Waals surface area contributed by atoms with Gasteiger partial charge in [0.1, 0.15) is 5.82 Å². The normalized spacial score (nSPS) is 18.7. The van der Waals surface area contributed by atoms with E-state index in [0.29, 0.717) is 5.39 Å². The van der Waals surface area contributed by atoms with Crippen molar-refractivity contribution in [1.82, 2.24) is 0 Å². The van der Waals surface area contributed by atoms with Gasteiger partial charge in [-0.15, -0.1) is 0 Å². The van der Waals surface area contributed by atoms with Crippen LogP contribution in [-0.2, 0) is 6.42 Å². The molecule has 4 rings (SSSR count). The summed E-state index contributed by atoms with van der Waals surface area (Å²) in [6.07, 6.45) is 10.1. The number of ether oxygens (including phenoxy) is 1. The van der Waals surface area contributed by atoms with Crippen molar-refractivity contribution in [3.8, 4) is 16.9 Å². The Balaban J connectivity index is 1.46. The molecule has 1 saturated carbocycles. The van der Waals surface area contributed by atoms with Crippen molar-refractivity contribution in [2.75, 3.05) is 0 Å². The number of benzene rings is 3. The van der Waals surface area contributed by atoms with Crippen LogP contribution in [0.4, 0.5) is 17.6 Å². The molecule has 1 nitrogen and oxygen atoms in total. The fourth-order valence-corrected chi connectivity index (χ4v) is 5.17. The fourth-order valence-electron chi connectivity index (χ4n) is 5.17. The minimum atomic E-state index is -3.12. The van der Waals surface area contributed by atoms with Gasteiger partial charge in [0.25, 0.3) is 0 Å². The summed E-state index contributed by atoms with van der Waals surface area (Å²) >= 11 is 0. The Bertz CT molecular complexity index is 1090. The van der Waals surface area contributed by atoms with E-state index in [4.69, 9.17) is 0 Å². The number of hydrogen-bond donors (Lipinski definition) is 0. The van der Waals surface area contributed by atoms with Gasteiger partial charge in [-0.05, 0) is 53.3 Å². The third kappa shape index (κ3) is 5.69. The SMILES string of the molecule is CCCC1CCC(CCc2ccc3c(F)c(-c4ccc(OC(F)F)c(F)c4)ccc3c2)CC1. The van der Waals surface area contributed by atoms with Gasteiger partial charge in [-0.1, -0.05) is 81.8 Å². The van der Waals surface area contributed by atoms with E-state index < -0.39 is 24.0 Å². The molecule has 0 aliphatic heterocycles. The van der Waals surface area contributed by atoms with E-state index in [1.165, 1.54) is 50.2 Å². The van der Waals surface area contributed by atoms with E-state index in [2.05, 4.69) is 11.7 Å². The first-order valence-electron chi connectivity index (χ1n) is 11.9. The minimum absolute atomic E-state index is 0.224. The molecule has 3 aromatic rings. The highest BCUT2D eigenvalue weighted by molar-refractivity contribution is 5.88. The number of aryl methyl sites for hydroxylation is 1. The molecule has 0 amide bonds. The van der Waals surface area contributed by atoms with E-state index >= 15 is 4.39 Å². The highest BCUT2D eigenvalue weighted by Crippen LogP contribution is 2.35. The molecule has 0 aromatic heterocycles. The summed E-state index contributed by atoms with van der Waals surface area (Å²) in [6.45, 7) is -0.856. The van der Waals surface area contributed by atoms with Crippen molar-refractivity contribution in [2.24, 2.45) is 11.8 Å². The van der Waals surface area contributed by atoms with Gasteiger partial charge in [-0.2, -0.15) is 8.78 Å². The van der Waals surface area contributed by atoms with Crippen LogP contribution in [0.3, 0.4) is 0 Å². The van der Waals surface area contributed by atoms with Gasteiger partial charge < -0.3 is 4.74 Å². The van der Waals surface area contributed by atoms with Crippen molar-refractivity contribution in [3.05, 3.63) is 65.7 Å². The molecule has 5 heteroatoms. The second-order valence-corrected chi connectivity index (χ2v) is 9.22. The van der Waals surface area contributed by atoms with Crippen molar-refractivity contribution < 1.29 is 22.3 Å². The average molecular weight is 459 g/mol. The Hall–Kier alpha value is -2.56. The van der Waals surface area contributed by atoms with Gasteiger partial charge >= 0.3 is 6.61 Å². The van der Waals surface area contributed by atoms with Gasteiger partial charge in [0.2, 0.25) is 0 Å². The summed E-state index contributed by atoms with van der Waals surface area (Å²) in [5.41, 5.74) is 1.70. The third-order valence-electron chi connectivity index (χ3n) is 6.98. The summed E-state index contributed by atoms with van der Waals surface area (Å²) in [7, 11) is 0. The Morgan fingerprint density at radius 2 is 1.61 bits per heavy atom. The van der Waals surface area contributed by atoms with Crippen LogP contribution in [0.2, 0.25) is 0 Å². The monoisotopic (exact) mass is 458 g/mol. The summed E-state index contributed by atoms with van der Waals surface area (Å²) in [4.78, 5) is 0. The van der Waals surface area contributed by atoms with Gasteiger partial charge in [0, 0.05) is 10.9 Å². The molecule has 0 heterocycles. The Morgan fingerprint density at radius 3 is 2.27 bits per heavy atom. The van der Waals surface area contributed by atoms with Crippen LogP contribution in [0.25, 0.3) is 21.9 Å². The summed E-state index contributed by atoms with van der Waals surface area (Å²) in [6, 6.07) is 12.7. The van der Waals surface area contributed by atoms with Crippen LogP contribution >= 0.6 is 0 Å².